The lowest BCUT2D eigenvalue weighted by molar-refractivity contribution is 0.172. The zero-order valence-corrected chi connectivity index (χ0v) is 26.7. The molecule has 0 radical (unpaired) electrons. The fraction of sp³-hybridized carbons (Fsp3) is 0.400. The Kier molecular flexibility index (Phi) is 9.87. The Balaban J connectivity index is 1.71. The molecule has 0 saturated heterocycles. The molecule has 43 heavy (non-hydrogen) atoms. The van der Waals surface area contributed by atoms with Gasteiger partial charge in [0.1, 0.15) is 30.5 Å². The van der Waals surface area contributed by atoms with Crippen molar-refractivity contribution in [2.45, 2.75) is 13.3 Å². The molecule has 1 aliphatic heterocycles. The minimum Gasteiger partial charge on any atom is -0.494 e. The van der Waals surface area contributed by atoms with Crippen LogP contribution in [0.15, 0.2) is 37.0 Å². The Labute approximate surface area is 254 Å². The fourth-order valence-electron chi connectivity index (χ4n) is 4.62. The second-order valence-corrected chi connectivity index (χ2v) is 12.4. The molecule has 1 aromatic heterocycles. The zero-order valence-electron chi connectivity index (χ0n) is 25.9. The summed E-state index contributed by atoms with van der Waals surface area (Å²) in [5.74, 6) is 2.19. The third-order valence-corrected chi connectivity index (χ3v) is 8.28. The summed E-state index contributed by atoms with van der Waals surface area (Å²) in [7, 11) is 5.66. The maximum Gasteiger partial charge on any atom is 0.232 e. The van der Waals surface area contributed by atoms with Gasteiger partial charge in [-0.3, -0.25) is 4.31 Å². The summed E-state index contributed by atoms with van der Waals surface area (Å²) in [5, 5.41) is 6.58. The van der Waals surface area contributed by atoms with Crippen molar-refractivity contribution in [3.05, 3.63) is 48.2 Å². The van der Waals surface area contributed by atoms with Gasteiger partial charge >= 0.3 is 0 Å². The predicted molar refractivity (Wildman–Crippen MR) is 174 cm³/mol. The first-order valence-electron chi connectivity index (χ1n) is 13.9. The van der Waals surface area contributed by atoms with Crippen molar-refractivity contribution in [3.8, 4) is 17.2 Å². The monoisotopic (exact) mass is 611 g/mol. The van der Waals surface area contributed by atoms with Gasteiger partial charge in [-0.1, -0.05) is 19.6 Å². The summed E-state index contributed by atoms with van der Waals surface area (Å²) in [5.41, 5.74) is 4.35. The number of fused-ring (bicyclic) bond motifs is 1. The van der Waals surface area contributed by atoms with Gasteiger partial charge in [0.15, 0.2) is 11.5 Å². The summed E-state index contributed by atoms with van der Waals surface area (Å²) in [6, 6.07) is 7.54. The molecule has 0 amide bonds. The molecule has 3 aromatic rings. The highest BCUT2D eigenvalue weighted by molar-refractivity contribution is 7.92. The van der Waals surface area contributed by atoms with E-state index in [1.54, 1.807) is 31.5 Å². The van der Waals surface area contributed by atoms with Crippen LogP contribution in [0.2, 0.25) is 0 Å². The number of hydrogen-bond acceptors (Lipinski definition) is 11. The molecule has 0 spiro atoms. The lowest BCUT2D eigenvalue weighted by Crippen LogP contribution is -2.29. The van der Waals surface area contributed by atoms with Crippen LogP contribution in [0.1, 0.15) is 18.1 Å². The van der Waals surface area contributed by atoms with Gasteiger partial charge < -0.3 is 34.6 Å². The molecule has 2 N–H and O–H groups in total. The Bertz CT molecular complexity index is 1580. The number of sulfonamides is 1. The summed E-state index contributed by atoms with van der Waals surface area (Å²) in [6.07, 6.45) is 5.21. The number of methoxy groups -OCH3 is 1. The van der Waals surface area contributed by atoms with Crippen molar-refractivity contribution < 1.29 is 22.6 Å². The van der Waals surface area contributed by atoms with Crippen LogP contribution in [0.25, 0.3) is 6.08 Å². The molecule has 1 aliphatic rings. The van der Waals surface area contributed by atoms with Crippen LogP contribution in [-0.2, 0) is 16.4 Å². The van der Waals surface area contributed by atoms with Crippen molar-refractivity contribution in [3.63, 3.8) is 0 Å². The Morgan fingerprint density at radius 1 is 1.07 bits per heavy atom. The quantitative estimate of drug-likeness (QED) is 0.287. The van der Waals surface area contributed by atoms with Gasteiger partial charge in [0.2, 0.25) is 16.0 Å². The summed E-state index contributed by atoms with van der Waals surface area (Å²) >= 11 is 0. The van der Waals surface area contributed by atoms with E-state index in [4.69, 9.17) is 19.2 Å². The molecule has 0 bridgehead atoms. The third kappa shape index (κ3) is 7.23. The number of benzene rings is 2. The lowest BCUT2D eigenvalue weighted by Gasteiger charge is -2.28. The number of likely N-dealkylation sites (N-methyl/N-ethyl adjacent to an activating group) is 2. The molecule has 13 heteroatoms. The Morgan fingerprint density at radius 2 is 1.81 bits per heavy atom. The van der Waals surface area contributed by atoms with E-state index in [0.29, 0.717) is 59.2 Å². The molecular weight excluding hydrogens is 570 g/mol. The maximum absolute atomic E-state index is 12.6. The third-order valence-electron chi connectivity index (χ3n) is 7.11. The highest BCUT2D eigenvalue weighted by Gasteiger charge is 2.27. The molecule has 4 rings (SSSR count). The molecule has 0 fully saturated rings. The minimum absolute atomic E-state index is 0.298. The van der Waals surface area contributed by atoms with Crippen molar-refractivity contribution in [2.75, 3.05) is 87.7 Å². The van der Waals surface area contributed by atoms with E-state index in [2.05, 4.69) is 66.1 Å². The van der Waals surface area contributed by atoms with Crippen LogP contribution >= 0.6 is 0 Å². The number of ether oxygens (including phenoxy) is 3. The molecule has 0 unspecified atom stereocenters. The van der Waals surface area contributed by atoms with Gasteiger partial charge in [0, 0.05) is 50.7 Å². The Hall–Kier alpha value is -4.23. The van der Waals surface area contributed by atoms with Crippen LogP contribution in [-0.4, -0.2) is 91.1 Å². The van der Waals surface area contributed by atoms with Crippen molar-refractivity contribution >= 4 is 50.6 Å². The SMILES string of the molecule is C=Cc1cnc(Nc2cc(CC)c(N(C)CCN(C)C)cc2OC)nc1Nc1ccc2c(c1N(C)S(C)(=O)=O)OCCO2. The van der Waals surface area contributed by atoms with Crippen LogP contribution < -0.4 is 34.0 Å². The number of hydrogen-bond donors (Lipinski definition) is 2. The molecular formula is C30H41N7O5S. The van der Waals surface area contributed by atoms with Gasteiger partial charge in [-0.2, -0.15) is 4.98 Å². The summed E-state index contributed by atoms with van der Waals surface area (Å²) < 4.78 is 43.6. The molecule has 0 atom stereocenters. The van der Waals surface area contributed by atoms with Gasteiger partial charge in [-0.25, -0.2) is 13.4 Å². The van der Waals surface area contributed by atoms with Crippen LogP contribution in [0.5, 0.6) is 17.2 Å². The molecule has 0 aliphatic carbocycles. The van der Waals surface area contributed by atoms with E-state index < -0.39 is 10.0 Å². The van der Waals surface area contributed by atoms with Crippen molar-refractivity contribution in [2.24, 2.45) is 0 Å². The minimum atomic E-state index is -3.63. The maximum atomic E-state index is 12.6. The number of rotatable bonds is 13. The topological polar surface area (TPSA) is 121 Å². The van der Waals surface area contributed by atoms with Crippen molar-refractivity contribution in [1.82, 2.24) is 14.9 Å². The smallest absolute Gasteiger partial charge is 0.232 e. The first kappa shape index (κ1) is 31.7. The Morgan fingerprint density at radius 3 is 2.47 bits per heavy atom. The lowest BCUT2D eigenvalue weighted by atomic mass is 10.1. The van der Waals surface area contributed by atoms with Gasteiger partial charge in [-0.15, -0.1) is 0 Å². The van der Waals surface area contributed by atoms with E-state index in [-0.39, 0.29) is 0 Å². The van der Waals surface area contributed by atoms with Crippen LogP contribution in [0, 0.1) is 0 Å². The number of nitrogens with zero attached hydrogens (tertiary/aromatic N) is 5. The summed E-state index contributed by atoms with van der Waals surface area (Å²) in [6.45, 7) is 8.48. The highest BCUT2D eigenvalue weighted by atomic mass is 32.2. The molecule has 2 aromatic carbocycles. The largest absolute Gasteiger partial charge is 0.494 e. The zero-order chi connectivity index (χ0) is 31.3. The van der Waals surface area contributed by atoms with Gasteiger partial charge in [-0.05, 0) is 44.3 Å². The second kappa shape index (κ2) is 13.4. The van der Waals surface area contributed by atoms with E-state index in [9.17, 15) is 8.42 Å². The molecule has 0 saturated carbocycles. The number of nitrogens with one attached hydrogen (secondary N) is 2. The second-order valence-electron chi connectivity index (χ2n) is 10.4. The molecule has 2 heterocycles. The first-order chi connectivity index (χ1) is 20.5. The highest BCUT2D eigenvalue weighted by Crippen LogP contribution is 2.46. The van der Waals surface area contributed by atoms with E-state index >= 15 is 0 Å². The average molecular weight is 612 g/mol. The van der Waals surface area contributed by atoms with Gasteiger partial charge in [0.05, 0.1) is 24.7 Å². The average Bonchev–Trinajstić information content (AvgIpc) is 2.98. The fourth-order valence-corrected chi connectivity index (χ4v) is 5.13. The standard InChI is InChI=1S/C30H41N7O5S/c1-9-20-17-23(26(40-7)18-24(20)36(5)14-13-35(3)4)33-30-31-19-21(10-2)29(34-30)32-22-11-12-25-28(42-16-15-41-25)27(22)37(6)43(8,38)39/h10-12,17-19H,2,9,13-16H2,1,3-8H3,(H2,31,32,33,34). The van der Waals surface area contributed by atoms with E-state index in [1.807, 2.05) is 6.07 Å². The molecule has 12 nitrogen and oxygen atoms in total. The van der Waals surface area contributed by atoms with Crippen molar-refractivity contribution in [1.29, 1.82) is 0 Å². The normalized spacial score (nSPS) is 12.6. The number of anilines is 6. The van der Waals surface area contributed by atoms with Crippen LogP contribution in [0.4, 0.5) is 34.5 Å². The first-order valence-corrected chi connectivity index (χ1v) is 15.8. The predicted octanol–water partition coefficient (Wildman–Crippen LogP) is 4.34. The number of aromatic nitrogens is 2. The van der Waals surface area contributed by atoms with E-state index in [1.165, 1.54) is 7.05 Å². The van der Waals surface area contributed by atoms with Gasteiger partial charge in [0.25, 0.3) is 0 Å². The summed E-state index contributed by atoms with van der Waals surface area (Å²) in [4.78, 5) is 13.6. The van der Waals surface area contributed by atoms with Crippen LogP contribution in [0.3, 0.4) is 0 Å². The molecule has 232 valence electrons. The number of aryl methyl sites for hydroxylation is 1. The van der Waals surface area contributed by atoms with E-state index in [0.717, 1.165) is 47.0 Å².